The molecule has 0 aromatic heterocycles. The molecule has 1 aliphatic heterocycles. The first-order valence-corrected chi connectivity index (χ1v) is 10.4. The van der Waals surface area contributed by atoms with Crippen LogP contribution >= 0.6 is 0 Å². The van der Waals surface area contributed by atoms with E-state index < -0.39 is 10.0 Å². The Kier molecular flexibility index (Phi) is 7.40. The maximum absolute atomic E-state index is 12.8. The van der Waals surface area contributed by atoms with Crippen LogP contribution in [0, 0.1) is 0 Å². The maximum Gasteiger partial charge on any atom is 0.243 e. The van der Waals surface area contributed by atoms with Crippen LogP contribution in [0.2, 0.25) is 0 Å². The van der Waals surface area contributed by atoms with Crippen LogP contribution in [0.3, 0.4) is 0 Å². The molecule has 1 aromatic carbocycles. The predicted octanol–water partition coefficient (Wildman–Crippen LogP) is 1.47. The summed E-state index contributed by atoms with van der Waals surface area (Å²) in [7, 11) is -1.61. The number of amides is 1. The van der Waals surface area contributed by atoms with Gasteiger partial charge < -0.3 is 10.2 Å². The van der Waals surface area contributed by atoms with Gasteiger partial charge in [-0.1, -0.05) is 25.5 Å². The highest BCUT2D eigenvalue weighted by molar-refractivity contribution is 7.89. The standard InChI is InChI=1S/C18H29N3O3S/c1-3-5-16-7-9-17(10-8-16)25(23,24)21-14-12-20(13-15-21)18(22)6-4-11-19-2/h7-10,19H,3-6,11-15H2,1-2H3. The molecule has 0 bridgehead atoms. The lowest BCUT2D eigenvalue weighted by molar-refractivity contribution is -0.132. The average Bonchev–Trinajstić information content (AvgIpc) is 2.63. The number of hydrogen-bond donors (Lipinski definition) is 1. The van der Waals surface area contributed by atoms with Gasteiger partial charge in [-0.3, -0.25) is 4.79 Å². The van der Waals surface area contributed by atoms with Gasteiger partial charge in [0.1, 0.15) is 0 Å². The molecule has 1 fully saturated rings. The molecule has 0 unspecified atom stereocenters. The molecule has 1 saturated heterocycles. The molecule has 140 valence electrons. The van der Waals surface area contributed by atoms with Crippen molar-refractivity contribution in [3.63, 3.8) is 0 Å². The monoisotopic (exact) mass is 367 g/mol. The largest absolute Gasteiger partial charge is 0.340 e. The van der Waals surface area contributed by atoms with E-state index in [-0.39, 0.29) is 5.91 Å². The van der Waals surface area contributed by atoms with E-state index in [1.165, 1.54) is 4.31 Å². The van der Waals surface area contributed by atoms with E-state index in [4.69, 9.17) is 0 Å². The number of aryl methyl sites for hydroxylation is 1. The second-order valence-electron chi connectivity index (χ2n) is 6.39. The molecule has 0 atom stereocenters. The summed E-state index contributed by atoms with van der Waals surface area (Å²) in [4.78, 5) is 14.2. The van der Waals surface area contributed by atoms with Gasteiger partial charge in [0.05, 0.1) is 4.90 Å². The zero-order valence-corrected chi connectivity index (χ0v) is 16.0. The fraction of sp³-hybridized carbons (Fsp3) is 0.611. The summed E-state index contributed by atoms with van der Waals surface area (Å²) in [5, 5.41) is 3.02. The van der Waals surface area contributed by atoms with Crippen molar-refractivity contribution in [2.75, 3.05) is 39.8 Å². The molecule has 1 amide bonds. The molecule has 0 radical (unpaired) electrons. The summed E-state index contributed by atoms with van der Waals surface area (Å²) in [6.45, 7) is 4.56. The van der Waals surface area contributed by atoms with Crippen molar-refractivity contribution in [2.24, 2.45) is 0 Å². The highest BCUT2D eigenvalue weighted by Gasteiger charge is 2.29. The number of carbonyl (C=O) groups excluding carboxylic acids is 1. The number of nitrogens with zero attached hydrogens (tertiary/aromatic N) is 2. The number of carbonyl (C=O) groups is 1. The van der Waals surface area contributed by atoms with Crippen molar-refractivity contribution in [2.45, 2.75) is 37.5 Å². The first-order chi connectivity index (χ1) is 12.0. The molecular formula is C18H29N3O3S. The molecule has 0 spiro atoms. The third-order valence-electron chi connectivity index (χ3n) is 4.51. The topological polar surface area (TPSA) is 69.7 Å². The predicted molar refractivity (Wildman–Crippen MR) is 98.9 cm³/mol. The van der Waals surface area contributed by atoms with E-state index in [2.05, 4.69) is 12.2 Å². The maximum atomic E-state index is 12.8. The molecule has 1 aromatic rings. The third-order valence-corrected chi connectivity index (χ3v) is 6.42. The van der Waals surface area contributed by atoms with Gasteiger partial charge in [-0.05, 0) is 44.1 Å². The quantitative estimate of drug-likeness (QED) is 0.707. The van der Waals surface area contributed by atoms with Gasteiger partial charge in [0.25, 0.3) is 0 Å². The number of nitrogens with one attached hydrogen (secondary N) is 1. The summed E-state index contributed by atoms with van der Waals surface area (Å²) in [6, 6.07) is 7.15. The number of sulfonamides is 1. The normalized spacial score (nSPS) is 16.2. The van der Waals surface area contributed by atoms with Crippen molar-refractivity contribution < 1.29 is 13.2 Å². The van der Waals surface area contributed by atoms with Crippen LogP contribution in [-0.4, -0.2) is 63.3 Å². The van der Waals surface area contributed by atoms with E-state index >= 15 is 0 Å². The number of rotatable bonds is 8. The summed E-state index contributed by atoms with van der Waals surface area (Å²) < 4.78 is 27.0. The van der Waals surface area contributed by atoms with Crippen molar-refractivity contribution >= 4 is 15.9 Å². The van der Waals surface area contributed by atoms with Crippen LogP contribution in [0.4, 0.5) is 0 Å². The lowest BCUT2D eigenvalue weighted by Crippen LogP contribution is -2.50. The Morgan fingerprint density at radius 2 is 1.76 bits per heavy atom. The zero-order valence-electron chi connectivity index (χ0n) is 15.2. The number of piperazine rings is 1. The minimum Gasteiger partial charge on any atom is -0.340 e. The van der Waals surface area contributed by atoms with E-state index in [0.29, 0.717) is 37.5 Å². The molecular weight excluding hydrogens is 338 g/mol. The van der Waals surface area contributed by atoms with Crippen LogP contribution in [0.15, 0.2) is 29.2 Å². The van der Waals surface area contributed by atoms with Crippen LogP contribution < -0.4 is 5.32 Å². The van der Waals surface area contributed by atoms with Gasteiger partial charge in [-0.2, -0.15) is 4.31 Å². The molecule has 0 saturated carbocycles. The van der Waals surface area contributed by atoms with Gasteiger partial charge in [-0.25, -0.2) is 8.42 Å². The Morgan fingerprint density at radius 1 is 1.12 bits per heavy atom. The SMILES string of the molecule is CCCc1ccc(S(=O)(=O)N2CCN(C(=O)CCCNC)CC2)cc1. The zero-order chi connectivity index (χ0) is 18.3. The third kappa shape index (κ3) is 5.26. The van der Waals surface area contributed by atoms with Crippen molar-refractivity contribution in [3.8, 4) is 0 Å². The van der Waals surface area contributed by atoms with Gasteiger partial charge in [0, 0.05) is 32.6 Å². The molecule has 25 heavy (non-hydrogen) atoms. The Bertz CT molecular complexity index is 651. The smallest absolute Gasteiger partial charge is 0.243 e. The molecule has 7 heteroatoms. The van der Waals surface area contributed by atoms with Crippen molar-refractivity contribution in [1.82, 2.24) is 14.5 Å². The fourth-order valence-corrected chi connectivity index (χ4v) is 4.44. The second-order valence-corrected chi connectivity index (χ2v) is 8.32. The Balaban J connectivity index is 1.93. The van der Waals surface area contributed by atoms with Crippen LogP contribution in [0.25, 0.3) is 0 Å². The molecule has 1 N–H and O–H groups in total. The van der Waals surface area contributed by atoms with Crippen LogP contribution in [0.1, 0.15) is 31.7 Å². The molecule has 0 aliphatic carbocycles. The van der Waals surface area contributed by atoms with E-state index in [9.17, 15) is 13.2 Å². The van der Waals surface area contributed by atoms with E-state index in [1.807, 2.05) is 19.2 Å². The highest BCUT2D eigenvalue weighted by Crippen LogP contribution is 2.19. The summed E-state index contributed by atoms with van der Waals surface area (Å²) in [6.07, 6.45) is 3.30. The molecule has 6 nitrogen and oxygen atoms in total. The van der Waals surface area contributed by atoms with E-state index in [0.717, 1.165) is 31.4 Å². The summed E-state index contributed by atoms with van der Waals surface area (Å²) in [5.41, 5.74) is 1.15. The average molecular weight is 368 g/mol. The first kappa shape index (κ1) is 19.9. The minimum absolute atomic E-state index is 0.108. The minimum atomic E-state index is -3.48. The summed E-state index contributed by atoms with van der Waals surface area (Å²) in [5.74, 6) is 0.108. The first-order valence-electron chi connectivity index (χ1n) is 9.00. The molecule has 1 aliphatic rings. The summed E-state index contributed by atoms with van der Waals surface area (Å²) >= 11 is 0. The number of benzene rings is 1. The second kappa shape index (κ2) is 9.31. The van der Waals surface area contributed by atoms with Crippen molar-refractivity contribution in [3.05, 3.63) is 29.8 Å². The Morgan fingerprint density at radius 3 is 2.32 bits per heavy atom. The van der Waals surface area contributed by atoms with Gasteiger partial charge in [0.2, 0.25) is 15.9 Å². The van der Waals surface area contributed by atoms with Gasteiger partial charge >= 0.3 is 0 Å². The lowest BCUT2D eigenvalue weighted by Gasteiger charge is -2.34. The molecule has 2 rings (SSSR count). The lowest BCUT2D eigenvalue weighted by atomic mass is 10.1. The Hall–Kier alpha value is -1.44. The van der Waals surface area contributed by atoms with Crippen molar-refractivity contribution in [1.29, 1.82) is 0 Å². The van der Waals surface area contributed by atoms with Crippen LogP contribution in [-0.2, 0) is 21.2 Å². The highest BCUT2D eigenvalue weighted by atomic mass is 32.2. The molecule has 1 heterocycles. The van der Waals surface area contributed by atoms with Crippen LogP contribution in [0.5, 0.6) is 0 Å². The number of hydrogen-bond acceptors (Lipinski definition) is 4. The Labute approximate surface area is 151 Å². The van der Waals surface area contributed by atoms with Gasteiger partial charge in [-0.15, -0.1) is 0 Å². The van der Waals surface area contributed by atoms with Gasteiger partial charge in [0.15, 0.2) is 0 Å². The fourth-order valence-electron chi connectivity index (χ4n) is 3.02. The van der Waals surface area contributed by atoms with E-state index in [1.54, 1.807) is 17.0 Å².